The molecule has 0 saturated heterocycles. The lowest BCUT2D eigenvalue weighted by atomic mass is 10.1. The Labute approximate surface area is 127 Å². The number of ether oxygens (including phenoxy) is 1. The van der Waals surface area contributed by atoms with Gasteiger partial charge in [-0.2, -0.15) is 0 Å². The number of halogens is 1. The molecule has 0 unspecified atom stereocenters. The van der Waals surface area contributed by atoms with Gasteiger partial charge in [-0.15, -0.1) is 0 Å². The highest BCUT2D eigenvalue weighted by Gasteiger charge is 2.20. The first kappa shape index (κ1) is 14.9. The molecule has 0 bridgehead atoms. The third kappa shape index (κ3) is 3.00. The Morgan fingerprint density at radius 2 is 2.14 bits per heavy atom. The Balaban J connectivity index is 2.49. The Hall–Kier alpha value is -2.48. The molecule has 2 aromatic rings. The van der Waals surface area contributed by atoms with Crippen LogP contribution in [-0.4, -0.2) is 21.0 Å². The fourth-order valence-corrected chi connectivity index (χ4v) is 2.18. The fourth-order valence-electron chi connectivity index (χ4n) is 1.69. The number of nitrogens with zero attached hydrogens (tertiary/aromatic N) is 2. The fraction of sp³-hybridized carbons (Fsp3) is 0.0769. The van der Waals surface area contributed by atoms with Crippen molar-refractivity contribution in [3.63, 3.8) is 0 Å². The lowest BCUT2D eigenvalue weighted by Gasteiger charge is -2.10. The van der Waals surface area contributed by atoms with Gasteiger partial charge in [0.25, 0.3) is 5.69 Å². The van der Waals surface area contributed by atoms with E-state index in [1.807, 2.05) is 0 Å². The smallest absolute Gasteiger partial charge is 0.341 e. The van der Waals surface area contributed by atoms with Gasteiger partial charge in [-0.05, 0) is 40.5 Å². The van der Waals surface area contributed by atoms with Gasteiger partial charge in [0.2, 0.25) is 5.88 Å². The van der Waals surface area contributed by atoms with Gasteiger partial charge in [-0.25, -0.2) is 9.78 Å². The van der Waals surface area contributed by atoms with Crippen molar-refractivity contribution in [2.45, 2.75) is 6.92 Å². The van der Waals surface area contributed by atoms with Gasteiger partial charge in [0.15, 0.2) is 5.75 Å². The lowest BCUT2D eigenvalue weighted by molar-refractivity contribution is -0.385. The summed E-state index contributed by atoms with van der Waals surface area (Å²) in [7, 11) is 0. The Bertz CT molecular complexity index is 732. The van der Waals surface area contributed by atoms with Crippen molar-refractivity contribution in [1.29, 1.82) is 0 Å². The molecule has 0 saturated carbocycles. The first-order valence-electron chi connectivity index (χ1n) is 5.71. The molecule has 0 aliphatic heterocycles. The minimum absolute atomic E-state index is 0.0871. The monoisotopic (exact) mass is 352 g/mol. The highest BCUT2D eigenvalue weighted by molar-refractivity contribution is 9.10. The second-order valence-electron chi connectivity index (χ2n) is 4.06. The summed E-state index contributed by atoms with van der Waals surface area (Å²) in [5.41, 5.74) is 0.210. The van der Waals surface area contributed by atoms with E-state index in [1.54, 1.807) is 13.0 Å². The molecule has 1 heterocycles. The zero-order chi connectivity index (χ0) is 15.6. The van der Waals surface area contributed by atoms with Crippen molar-refractivity contribution in [2.75, 3.05) is 0 Å². The summed E-state index contributed by atoms with van der Waals surface area (Å²) >= 11 is 3.08. The molecule has 7 nitrogen and oxygen atoms in total. The van der Waals surface area contributed by atoms with Gasteiger partial charge in [0.05, 0.1) is 4.92 Å². The lowest BCUT2D eigenvalue weighted by Crippen LogP contribution is -2.05. The average Bonchev–Trinajstić information content (AvgIpc) is 2.40. The molecule has 0 fully saturated rings. The number of aryl methyl sites for hydroxylation is 1. The molecule has 1 aromatic heterocycles. The molecule has 108 valence electrons. The quantitative estimate of drug-likeness (QED) is 0.666. The van der Waals surface area contributed by atoms with Crippen LogP contribution >= 0.6 is 15.9 Å². The molecule has 0 amide bonds. The molecule has 0 aliphatic carbocycles. The average molecular weight is 353 g/mol. The number of carbonyl (C=O) groups is 1. The van der Waals surface area contributed by atoms with E-state index in [0.29, 0.717) is 5.56 Å². The predicted molar refractivity (Wildman–Crippen MR) is 76.8 cm³/mol. The number of aromatic carboxylic acids is 1. The van der Waals surface area contributed by atoms with E-state index in [9.17, 15) is 20.0 Å². The van der Waals surface area contributed by atoms with Gasteiger partial charge >= 0.3 is 5.97 Å². The maximum absolute atomic E-state index is 11.3. The van der Waals surface area contributed by atoms with Gasteiger partial charge in [-0.1, -0.05) is 6.07 Å². The summed E-state index contributed by atoms with van der Waals surface area (Å²) in [6.07, 6.45) is 1.41. The van der Waals surface area contributed by atoms with E-state index < -0.39 is 10.9 Å². The van der Waals surface area contributed by atoms with Crippen LogP contribution in [0.3, 0.4) is 0 Å². The van der Waals surface area contributed by atoms with Crippen LogP contribution in [0.15, 0.2) is 34.9 Å². The third-order valence-electron chi connectivity index (χ3n) is 2.68. The third-order valence-corrected chi connectivity index (χ3v) is 3.48. The van der Waals surface area contributed by atoms with Crippen LogP contribution in [0.4, 0.5) is 5.69 Å². The molecule has 21 heavy (non-hydrogen) atoms. The zero-order valence-electron chi connectivity index (χ0n) is 10.7. The molecule has 0 spiro atoms. The summed E-state index contributed by atoms with van der Waals surface area (Å²) in [5.74, 6) is -1.19. The molecular formula is C13H9BrN2O5. The van der Waals surface area contributed by atoms with Gasteiger partial charge in [-0.3, -0.25) is 10.1 Å². The molecule has 8 heteroatoms. The summed E-state index contributed by atoms with van der Waals surface area (Å²) < 4.78 is 5.55. The van der Waals surface area contributed by atoms with Crippen molar-refractivity contribution < 1.29 is 19.6 Å². The van der Waals surface area contributed by atoms with E-state index in [4.69, 9.17) is 4.74 Å². The molecule has 0 aliphatic rings. The first-order valence-corrected chi connectivity index (χ1v) is 6.50. The Kier molecular flexibility index (Phi) is 4.18. The number of nitro groups is 1. The summed E-state index contributed by atoms with van der Waals surface area (Å²) in [6.45, 7) is 1.61. The second kappa shape index (κ2) is 5.88. The topological polar surface area (TPSA) is 103 Å². The zero-order valence-corrected chi connectivity index (χ0v) is 12.3. The normalized spacial score (nSPS) is 10.2. The number of carboxylic acids is 1. The number of benzene rings is 1. The van der Waals surface area contributed by atoms with Crippen LogP contribution in [0.2, 0.25) is 0 Å². The van der Waals surface area contributed by atoms with E-state index in [1.165, 1.54) is 24.4 Å². The SMILES string of the molecule is Cc1ccnc(Oc2cccc([N+](=O)[O-])c2Br)c1C(=O)O. The van der Waals surface area contributed by atoms with Crippen LogP contribution in [0.25, 0.3) is 0 Å². The van der Waals surface area contributed by atoms with E-state index in [0.717, 1.165) is 0 Å². The maximum atomic E-state index is 11.3. The standard InChI is InChI=1S/C13H9BrN2O5/c1-7-5-6-15-12(10(7)13(17)18)21-9-4-2-3-8(11(9)14)16(19)20/h2-6H,1H3,(H,17,18). The maximum Gasteiger partial charge on any atom is 0.341 e. The van der Waals surface area contributed by atoms with Gasteiger partial charge < -0.3 is 9.84 Å². The number of rotatable bonds is 4. The predicted octanol–water partition coefficient (Wildman–Crippen LogP) is 3.55. The van der Waals surface area contributed by atoms with Gasteiger partial charge in [0, 0.05) is 12.3 Å². The largest absolute Gasteiger partial charge is 0.477 e. The van der Waals surface area contributed by atoms with Crippen LogP contribution in [0.5, 0.6) is 11.6 Å². The van der Waals surface area contributed by atoms with Crippen LogP contribution < -0.4 is 4.74 Å². The number of carboxylic acid groups (broad SMARTS) is 1. The minimum Gasteiger partial charge on any atom is -0.477 e. The summed E-state index contributed by atoms with van der Waals surface area (Å²) in [4.78, 5) is 25.4. The highest BCUT2D eigenvalue weighted by Crippen LogP contribution is 2.37. The van der Waals surface area contributed by atoms with Crippen molar-refractivity contribution in [3.05, 3.63) is 56.2 Å². The van der Waals surface area contributed by atoms with Crippen LogP contribution in [0.1, 0.15) is 15.9 Å². The van der Waals surface area contributed by atoms with Crippen molar-refractivity contribution in [1.82, 2.24) is 4.98 Å². The molecule has 1 N–H and O–H groups in total. The highest BCUT2D eigenvalue weighted by atomic mass is 79.9. The second-order valence-corrected chi connectivity index (χ2v) is 4.85. The Morgan fingerprint density at radius 3 is 2.76 bits per heavy atom. The first-order chi connectivity index (χ1) is 9.91. The Morgan fingerprint density at radius 1 is 1.43 bits per heavy atom. The minimum atomic E-state index is -1.18. The molecule has 1 aromatic carbocycles. The number of hydrogen-bond donors (Lipinski definition) is 1. The van der Waals surface area contributed by atoms with Crippen molar-refractivity contribution in [3.8, 4) is 11.6 Å². The number of pyridine rings is 1. The molecule has 0 atom stereocenters. The number of hydrogen-bond acceptors (Lipinski definition) is 5. The number of aromatic nitrogens is 1. The van der Waals surface area contributed by atoms with E-state index >= 15 is 0 Å². The van der Waals surface area contributed by atoms with Crippen molar-refractivity contribution in [2.24, 2.45) is 0 Å². The molecule has 2 rings (SSSR count). The van der Waals surface area contributed by atoms with E-state index in [2.05, 4.69) is 20.9 Å². The van der Waals surface area contributed by atoms with E-state index in [-0.39, 0.29) is 27.4 Å². The van der Waals surface area contributed by atoms with Crippen LogP contribution in [0, 0.1) is 17.0 Å². The van der Waals surface area contributed by atoms with Crippen molar-refractivity contribution >= 4 is 27.6 Å². The summed E-state index contributed by atoms with van der Waals surface area (Å²) in [5, 5.41) is 20.1. The molecule has 0 radical (unpaired) electrons. The van der Waals surface area contributed by atoms with Gasteiger partial charge in [0.1, 0.15) is 10.0 Å². The molecular weight excluding hydrogens is 344 g/mol. The summed E-state index contributed by atoms with van der Waals surface area (Å²) in [6, 6.07) is 5.76. The van der Waals surface area contributed by atoms with Crippen LogP contribution in [-0.2, 0) is 0 Å². The number of nitro benzene ring substituents is 1.